The van der Waals surface area contributed by atoms with Gasteiger partial charge in [-0.05, 0) is 12.8 Å². The van der Waals surface area contributed by atoms with Crippen molar-refractivity contribution >= 4 is 11.9 Å². The summed E-state index contributed by atoms with van der Waals surface area (Å²) >= 11 is 0. The monoisotopic (exact) mass is 171 g/mol. The van der Waals surface area contributed by atoms with Gasteiger partial charge in [-0.1, -0.05) is 12.8 Å². The predicted molar refractivity (Wildman–Crippen MR) is 42.3 cm³/mol. The Morgan fingerprint density at radius 2 is 1.67 bits per heavy atom. The highest BCUT2D eigenvalue weighted by Gasteiger charge is 2.34. The van der Waals surface area contributed by atoms with E-state index < -0.39 is 23.7 Å². The van der Waals surface area contributed by atoms with E-state index in [1.165, 1.54) is 0 Å². The van der Waals surface area contributed by atoms with E-state index in [0.717, 1.165) is 12.8 Å². The van der Waals surface area contributed by atoms with Crippen LogP contribution in [-0.2, 0) is 9.59 Å². The second kappa shape index (κ2) is 3.56. The Morgan fingerprint density at radius 1 is 1.17 bits per heavy atom. The lowest BCUT2D eigenvalue weighted by molar-refractivity contribution is -0.148. The van der Waals surface area contributed by atoms with Gasteiger partial charge < -0.3 is 10.8 Å². The van der Waals surface area contributed by atoms with Crippen molar-refractivity contribution in [2.45, 2.75) is 25.7 Å². The van der Waals surface area contributed by atoms with Crippen molar-refractivity contribution < 1.29 is 14.7 Å². The molecular weight excluding hydrogens is 158 g/mol. The SMILES string of the molecule is NC(=O)[C@H]1CCCC[C@H]1C(=O)O. The molecule has 12 heavy (non-hydrogen) atoms. The van der Waals surface area contributed by atoms with Gasteiger partial charge in [0.25, 0.3) is 0 Å². The molecule has 0 radical (unpaired) electrons. The quantitative estimate of drug-likeness (QED) is 0.629. The molecule has 1 saturated carbocycles. The predicted octanol–water partition coefficient (Wildman–Crippen LogP) is 0.363. The third kappa shape index (κ3) is 1.75. The number of carbonyl (C=O) groups excluding carboxylic acids is 1. The molecule has 0 unspecified atom stereocenters. The molecule has 2 atom stereocenters. The fourth-order valence-electron chi connectivity index (χ4n) is 1.77. The Labute approximate surface area is 70.7 Å². The van der Waals surface area contributed by atoms with Gasteiger partial charge in [0, 0.05) is 0 Å². The smallest absolute Gasteiger partial charge is 0.307 e. The average molecular weight is 171 g/mol. The lowest BCUT2D eigenvalue weighted by Gasteiger charge is -2.25. The Bertz CT molecular complexity index is 180. The fraction of sp³-hybridized carbons (Fsp3) is 0.750. The topological polar surface area (TPSA) is 80.4 Å². The highest BCUT2D eigenvalue weighted by atomic mass is 16.4. The summed E-state index contributed by atoms with van der Waals surface area (Å²) in [5.41, 5.74) is 5.09. The number of carbonyl (C=O) groups is 2. The molecule has 3 N–H and O–H groups in total. The maximum absolute atomic E-state index is 10.8. The summed E-state index contributed by atoms with van der Waals surface area (Å²) < 4.78 is 0. The van der Waals surface area contributed by atoms with E-state index in [1.54, 1.807) is 0 Å². The standard InChI is InChI=1S/C8H13NO3/c9-7(10)5-3-1-2-4-6(5)8(11)12/h5-6H,1-4H2,(H2,9,10)(H,11,12)/t5-,6+/m0/s1. The average Bonchev–Trinajstić information content (AvgIpc) is 2.04. The van der Waals surface area contributed by atoms with Crippen LogP contribution in [0.5, 0.6) is 0 Å². The van der Waals surface area contributed by atoms with Gasteiger partial charge in [-0.3, -0.25) is 9.59 Å². The molecule has 0 aromatic heterocycles. The number of primary amides is 1. The van der Waals surface area contributed by atoms with Crippen LogP contribution < -0.4 is 5.73 Å². The molecule has 0 aromatic rings. The van der Waals surface area contributed by atoms with E-state index in [0.29, 0.717) is 12.8 Å². The van der Waals surface area contributed by atoms with E-state index in [2.05, 4.69) is 0 Å². The lowest BCUT2D eigenvalue weighted by Crippen LogP contribution is -2.36. The Hall–Kier alpha value is -1.06. The number of aliphatic carboxylic acids is 1. The fourth-order valence-corrected chi connectivity index (χ4v) is 1.77. The van der Waals surface area contributed by atoms with Crippen LogP contribution in [0.4, 0.5) is 0 Å². The molecule has 1 amide bonds. The summed E-state index contributed by atoms with van der Waals surface area (Å²) in [6, 6.07) is 0. The summed E-state index contributed by atoms with van der Waals surface area (Å²) in [6.45, 7) is 0. The van der Waals surface area contributed by atoms with Crippen molar-refractivity contribution in [2.75, 3.05) is 0 Å². The second-order valence-corrected chi connectivity index (χ2v) is 3.24. The van der Waals surface area contributed by atoms with E-state index in [4.69, 9.17) is 10.8 Å². The first-order chi connectivity index (χ1) is 5.63. The number of nitrogens with two attached hydrogens (primary N) is 1. The number of hydrogen-bond acceptors (Lipinski definition) is 2. The first kappa shape index (κ1) is 9.03. The molecular formula is C8H13NO3. The van der Waals surface area contributed by atoms with Gasteiger partial charge in [-0.2, -0.15) is 0 Å². The van der Waals surface area contributed by atoms with Crippen molar-refractivity contribution in [2.24, 2.45) is 17.6 Å². The van der Waals surface area contributed by atoms with E-state index in [9.17, 15) is 9.59 Å². The highest BCUT2D eigenvalue weighted by Crippen LogP contribution is 2.29. The number of amides is 1. The van der Waals surface area contributed by atoms with Crippen molar-refractivity contribution in [3.8, 4) is 0 Å². The van der Waals surface area contributed by atoms with Crippen molar-refractivity contribution in [3.63, 3.8) is 0 Å². The minimum Gasteiger partial charge on any atom is -0.481 e. The van der Waals surface area contributed by atoms with Crippen molar-refractivity contribution in [1.29, 1.82) is 0 Å². The van der Waals surface area contributed by atoms with Crippen LogP contribution in [0.1, 0.15) is 25.7 Å². The van der Waals surface area contributed by atoms with Gasteiger partial charge in [0.05, 0.1) is 11.8 Å². The third-order valence-corrected chi connectivity index (χ3v) is 2.45. The van der Waals surface area contributed by atoms with Gasteiger partial charge in [0.2, 0.25) is 5.91 Å². The molecule has 0 saturated heterocycles. The van der Waals surface area contributed by atoms with Crippen molar-refractivity contribution in [1.82, 2.24) is 0 Å². The van der Waals surface area contributed by atoms with Crippen LogP contribution in [0.15, 0.2) is 0 Å². The van der Waals surface area contributed by atoms with Crippen LogP contribution in [-0.4, -0.2) is 17.0 Å². The zero-order valence-corrected chi connectivity index (χ0v) is 6.82. The van der Waals surface area contributed by atoms with Gasteiger partial charge in [0.15, 0.2) is 0 Å². The van der Waals surface area contributed by atoms with Crippen LogP contribution in [0.25, 0.3) is 0 Å². The molecule has 1 aliphatic carbocycles. The molecule has 4 nitrogen and oxygen atoms in total. The minimum absolute atomic E-state index is 0.448. The van der Waals surface area contributed by atoms with Crippen molar-refractivity contribution in [3.05, 3.63) is 0 Å². The summed E-state index contributed by atoms with van der Waals surface area (Å²) in [6.07, 6.45) is 3.02. The number of rotatable bonds is 2. The maximum Gasteiger partial charge on any atom is 0.307 e. The molecule has 0 bridgehead atoms. The zero-order chi connectivity index (χ0) is 9.14. The summed E-state index contributed by atoms with van der Waals surface area (Å²) in [5.74, 6) is -2.35. The van der Waals surface area contributed by atoms with Gasteiger partial charge >= 0.3 is 5.97 Å². The summed E-state index contributed by atoms with van der Waals surface area (Å²) in [7, 11) is 0. The molecule has 0 heterocycles. The first-order valence-corrected chi connectivity index (χ1v) is 4.15. The van der Waals surface area contributed by atoms with Gasteiger partial charge in [0.1, 0.15) is 0 Å². The Balaban J connectivity index is 2.67. The Kier molecular flexibility index (Phi) is 2.68. The first-order valence-electron chi connectivity index (χ1n) is 4.15. The zero-order valence-electron chi connectivity index (χ0n) is 6.82. The normalized spacial score (nSPS) is 29.7. The largest absolute Gasteiger partial charge is 0.481 e. The van der Waals surface area contributed by atoms with Crippen LogP contribution in [0.3, 0.4) is 0 Å². The van der Waals surface area contributed by atoms with Crippen LogP contribution >= 0.6 is 0 Å². The third-order valence-electron chi connectivity index (χ3n) is 2.45. The summed E-state index contributed by atoms with van der Waals surface area (Å²) in [5, 5.41) is 8.75. The highest BCUT2D eigenvalue weighted by molar-refractivity contribution is 5.83. The van der Waals surface area contributed by atoms with Gasteiger partial charge in [-0.25, -0.2) is 0 Å². The number of carboxylic acids is 1. The summed E-state index contributed by atoms with van der Waals surface area (Å²) in [4.78, 5) is 21.5. The molecule has 68 valence electrons. The molecule has 0 spiro atoms. The molecule has 0 aromatic carbocycles. The van der Waals surface area contributed by atoms with E-state index >= 15 is 0 Å². The van der Waals surface area contributed by atoms with E-state index in [-0.39, 0.29) is 0 Å². The maximum atomic E-state index is 10.8. The molecule has 4 heteroatoms. The van der Waals surface area contributed by atoms with Crippen LogP contribution in [0.2, 0.25) is 0 Å². The molecule has 1 rings (SSSR count). The molecule has 1 aliphatic rings. The Morgan fingerprint density at radius 3 is 2.00 bits per heavy atom. The number of hydrogen-bond donors (Lipinski definition) is 2. The number of carboxylic acid groups (broad SMARTS) is 1. The lowest BCUT2D eigenvalue weighted by atomic mass is 9.79. The van der Waals surface area contributed by atoms with E-state index in [1.807, 2.05) is 0 Å². The minimum atomic E-state index is -0.890. The van der Waals surface area contributed by atoms with Crippen LogP contribution in [0, 0.1) is 11.8 Å². The molecule has 0 aliphatic heterocycles. The van der Waals surface area contributed by atoms with Gasteiger partial charge in [-0.15, -0.1) is 0 Å². The second-order valence-electron chi connectivity index (χ2n) is 3.24. The molecule has 1 fully saturated rings.